The number of anilines is 1. The standard InChI is InChI=1S/C18H17F3N2O2/c1-12-6-2-3-7-13(12)10-16(24)22-11-17(25)23-15-9-5-4-8-14(15)18(19,20)21/h2-9H,10-11H2,1H3,(H,22,24)(H,23,25). The summed E-state index contributed by atoms with van der Waals surface area (Å²) in [4.78, 5) is 23.7. The molecular formula is C18H17F3N2O2. The summed E-state index contributed by atoms with van der Waals surface area (Å²) in [5.74, 6) is -1.11. The predicted octanol–water partition coefficient (Wildman–Crippen LogP) is 3.31. The van der Waals surface area contributed by atoms with Gasteiger partial charge >= 0.3 is 6.18 Å². The van der Waals surface area contributed by atoms with E-state index in [-0.39, 0.29) is 18.0 Å². The number of hydrogen-bond donors (Lipinski definition) is 2. The summed E-state index contributed by atoms with van der Waals surface area (Å²) in [5.41, 5.74) is 0.492. The topological polar surface area (TPSA) is 58.2 Å². The van der Waals surface area contributed by atoms with Crippen molar-refractivity contribution in [3.05, 3.63) is 65.2 Å². The van der Waals surface area contributed by atoms with Crippen molar-refractivity contribution in [1.82, 2.24) is 5.32 Å². The third kappa shape index (κ3) is 5.34. The first-order valence-corrected chi connectivity index (χ1v) is 7.54. The Morgan fingerprint density at radius 2 is 1.60 bits per heavy atom. The van der Waals surface area contributed by atoms with E-state index in [0.29, 0.717) is 0 Å². The molecule has 132 valence electrons. The summed E-state index contributed by atoms with van der Waals surface area (Å²) in [6.07, 6.45) is -4.48. The Balaban J connectivity index is 1.91. The minimum Gasteiger partial charge on any atom is -0.347 e. The molecule has 0 radical (unpaired) electrons. The molecule has 0 aliphatic heterocycles. The lowest BCUT2D eigenvalue weighted by Gasteiger charge is -2.13. The van der Waals surface area contributed by atoms with Crippen molar-refractivity contribution < 1.29 is 22.8 Å². The Kier molecular flexibility index (Phi) is 5.80. The molecule has 0 unspecified atom stereocenters. The summed E-state index contributed by atoms with van der Waals surface area (Å²) in [6, 6.07) is 12.0. The van der Waals surface area contributed by atoms with Crippen LogP contribution in [-0.4, -0.2) is 18.4 Å². The molecule has 0 atom stereocenters. The van der Waals surface area contributed by atoms with Crippen molar-refractivity contribution in [1.29, 1.82) is 0 Å². The van der Waals surface area contributed by atoms with Gasteiger partial charge in [-0.2, -0.15) is 13.2 Å². The third-order valence-corrected chi connectivity index (χ3v) is 3.56. The maximum absolute atomic E-state index is 12.9. The molecular weight excluding hydrogens is 333 g/mol. The van der Waals surface area contributed by atoms with Crippen molar-refractivity contribution in [2.24, 2.45) is 0 Å². The molecule has 2 aromatic rings. The Labute approximate surface area is 143 Å². The number of nitrogens with one attached hydrogen (secondary N) is 2. The van der Waals surface area contributed by atoms with Gasteiger partial charge in [0.1, 0.15) is 0 Å². The van der Waals surface area contributed by atoms with Gasteiger partial charge in [-0.25, -0.2) is 0 Å². The van der Waals surface area contributed by atoms with E-state index in [4.69, 9.17) is 0 Å². The molecule has 2 amide bonds. The first-order valence-electron chi connectivity index (χ1n) is 7.54. The van der Waals surface area contributed by atoms with E-state index in [1.165, 1.54) is 12.1 Å². The lowest BCUT2D eigenvalue weighted by atomic mass is 10.1. The SMILES string of the molecule is Cc1ccccc1CC(=O)NCC(=O)Nc1ccccc1C(F)(F)F. The van der Waals surface area contributed by atoms with Crippen LogP contribution in [0.2, 0.25) is 0 Å². The summed E-state index contributed by atoms with van der Waals surface area (Å²) < 4.78 is 38.6. The molecule has 4 nitrogen and oxygen atoms in total. The molecule has 0 heterocycles. The van der Waals surface area contributed by atoms with Gasteiger partial charge in [-0.3, -0.25) is 9.59 Å². The van der Waals surface area contributed by atoms with Crippen LogP contribution in [0, 0.1) is 6.92 Å². The fourth-order valence-corrected chi connectivity index (χ4v) is 2.26. The van der Waals surface area contributed by atoms with E-state index < -0.39 is 24.2 Å². The monoisotopic (exact) mass is 350 g/mol. The quantitative estimate of drug-likeness (QED) is 0.869. The Morgan fingerprint density at radius 1 is 0.960 bits per heavy atom. The van der Waals surface area contributed by atoms with Gasteiger partial charge in [0.2, 0.25) is 11.8 Å². The molecule has 2 aromatic carbocycles. The van der Waals surface area contributed by atoms with Crippen LogP contribution in [0.4, 0.5) is 18.9 Å². The van der Waals surface area contributed by atoms with Crippen LogP contribution in [0.5, 0.6) is 0 Å². The summed E-state index contributed by atoms with van der Waals surface area (Å²) in [7, 11) is 0. The second-order valence-electron chi connectivity index (χ2n) is 5.47. The molecule has 7 heteroatoms. The minimum atomic E-state index is -4.57. The number of amides is 2. The molecule has 0 fully saturated rings. The van der Waals surface area contributed by atoms with Gasteiger partial charge < -0.3 is 10.6 Å². The van der Waals surface area contributed by atoms with Gasteiger partial charge in [0, 0.05) is 0 Å². The molecule has 0 saturated carbocycles. The summed E-state index contributed by atoms with van der Waals surface area (Å²) in [6.45, 7) is 1.46. The van der Waals surface area contributed by atoms with Crippen LogP contribution in [0.25, 0.3) is 0 Å². The second-order valence-corrected chi connectivity index (χ2v) is 5.47. The second kappa shape index (κ2) is 7.83. The molecule has 2 N–H and O–H groups in total. The number of para-hydroxylation sites is 1. The number of alkyl halides is 3. The third-order valence-electron chi connectivity index (χ3n) is 3.56. The fourth-order valence-electron chi connectivity index (χ4n) is 2.26. The molecule has 25 heavy (non-hydrogen) atoms. The lowest BCUT2D eigenvalue weighted by Crippen LogP contribution is -2.34. The predicted molar refractivity (Wildman–Crippen MR) is 88.0 cm³/mol. The lowest BCUT2D eigenvalue weighted by molar-refractivity contribution is -0.137. The highest BCUT2D eigenvalue weighted by Gasteiger charge is 2.33. The van der Waals surface area contributed by atoms with Gasteiger partial charge in [0.15, 0.2) is 0 Å². The van der Waals surface area contributed by atoms with Crippen LogP contribution in [0.15, 0.2) is 48.5 Å². The van der Waals surface area contributed by atoms with E-state index in [1.807, 2.05) is 19.1 Å². The zero-order valence-electron chi connectivity index (χ0n) is 13.5. The van der Waals surface area contributed by atoms with E-state index in [9.17, 15) is 22.8 Å². The Hall–Kier alpha value is -2.83. The van der Waals surface area contributed by atoms with Crippen LogP contribution < -0.4 is 10.6 Å². The average molecular weight is 350 g/mol. The highest BCUT2D eigenvalue weighted by molar-refractivity contribution is 5.95. The smallest absolute Gasteiger partial charge is 0.347 e. The summed E-state index contributed by atoms with van der Waals surface area (Å²) in [5, 5.41) is 4.58. The molecule has 0 aliphatic carbocycles. The van der Waals surface area contributed by atoms with Crippen LogP contribution in [-0.2, 0) is 22.2 Å². The van der Waals surface area contributed by atoms with E-state index in [2.05, 4.69) is 10.6 Å². The van der Waals surface area contributed by atoms with Gasteiger partial charge in [0.25, 0.3) is 0 Å². The average Bonchev–Trinajstić information content (AvgIpc) is 2.55. The van der Waals surface area contributed by atoms with Gasteiger partial charge in [-0.1, -0.05) is 36.4 Å². The highest BCUT2D eigenvalue weighted by Crippen LogP contribution is 2.34. The normalized spacial score (nSPS) is 11.0. The largest absolute Gasteiger partial charge is 0.418 e. The number of aryl methyl sites for hydroxylation is 1. The van der Waals surface area contributed by atoms with Crippen LogP contribution in [0.3, 0.4) is 0 Å². The van der Waals surface area contributed by atoms with Crippen LogP contribution >= 0.6 is 0 Å². The first kappa shape index (κ1) is 18.5. The number of carbonyl (C=O) groups excluding carboxylic acids is 2. The van der Waals surface area contributed by atoms with Crippen molar-refractivity contribution >= 4 is 17.5 Å². The van der Waals surface area contributed by atoms with Gasteiger partial charge in [-0.15, -0.1) is 0 Å². The van der Waals surface area contributed by atoms with Crippen molar-refractivity contribution in [3.8, 4) is 0 Å². The molecule has 0 spiro atoms. The molecule has 0 bridgehead atoms. The van der Waals surface area contributed by atoms with Crippen molar-refractivity contribution in [2.45, 2.75) is 19.5 Å². The number of rotatable bonds is 5. The fraction of sp³-hybridized carbons (Fsp3) is 0.222. The van der Waals surface area contributed by atoms with Crippen molar-refractivity contribution in [2.75, 3.05) is 11.9 Å². The first-order chi connectivity index (χ1) is 11.8. The number of benzene rings is 2. The number of halogens is 3. The molecule has 0 aliphatic rings. The molecule has 0 saturated heterocycles. The van der Waals surface area contributed by atoms with Crippen LogP contribution in [0.1, 0.15) is 16.7 Å². The number of carbonyl (C=O) groups is 2. The van der Waals surface area contributed by atoms with E-state index in [0.717, 1.165) is 23.3 Å². The van der Waals surface area contributed by atoms with Gasteiger partial charge in [-0.05, 0) is 30.2 Å². The maximum atomic E-state index is 12.9. The Bertz CT molecular complexity index is 773. The molecule has 2 rings (SSSR count). The number of hydrogen-bond acceptors (Lipinski definition) is 2. The highest BCUT2D eigenvalue weighted by atomic mass is 19.4. The van der Waals surface area contributed by atoms with Crippen molar-refractivity contribution in [3.63, 3.8) is 0 Å². The Morgan fingerprint density at radius 3 is 2.28 bits per heavy atom. The zero-order chi connectivity index (χ0) is 18.4. The zero-order valence-corrected chi connectivity index (χ0v) is 13.5. The van der Waals surface area contributed by atoms with Gasteiger partial charge in [0.05, 0.1) is 24.2 Å². The molecule has 0 aromatic heterocycles. The maximum Gasteiger partial charge on any atom is 0.418 e. The summed E-state index contributed by atoms with van der Waals surface area (Å²) >= 11 is 0. The minimum absolute atomic E-state index is 0.0963. The van der Waals surface area contributed by atoms with E-state index >= 15 is 0 Å². The van der Waals surface area contributed by atoms with E-state index in [1.54, 1.807) is 12.1 Å².